The lowest BCUT2D eigenvalue weighted by atomic mass is 10.1. The molecule has 0 heterocycles. The summed E-state index contributed by atoms with van der Waals surface area (Å²) >= 11 is 0. The van der Waals surface area contributed by atoms with Crippen molar-refractivity contribution in [3.8, 4) is 0 Å². The lowest BCUT2D eigenvalue weighted by molar-refractivity contribution is -0.173. The molecule has 170 valence electrons. The minimum absolute atomic E-state index is 0.0391. The highest BCUT2D eigenvalue weighted by Gasteiger charge is 2.38. The molecule has 2 aromatic rings. The first-order valence-corrected chi connectivity index (χ1v) is 12.1. The molecular formula is C18H20F3N3O5S2. The van der Waals surface area contributed by atoms with E-state index >= 15 is 0 Å². The lowest BCUT2D eigenvalue weighted by Gasteiger charge is -2.15. The van der Waals surface area contributed by atoms with Crippen molar-refractivity contribution in [3.63, 3.8) is 0 Å². The normalized spacial score (nSPS) is 12.3. The van der Waals surface area contributed by atoms with E-state index in [1.807, 2.05) is 12.3 Å². The summed E-state index contributed by atoms with van der Waals surface area (Å²) in [6.07, 6.45) is -3.68. The molecule has 0 spiro atoms. The Morgan fingerprint density at radius 2 is 1.68 bits per heavy atom. The van der Waals surface area contributed by atoms with Gasteiger partial charge in [-0.2, -0.15) is 13.2 Å². The van der Waals surface area contributed by atoms with E-state index in [9.17, 15) is 34.8 Å². The molecule has 31 heavy (non-hydrogen) atoms. The summed E-state index contributed by atoms with van der Waals surface area (Å²) in [5.74, 6) is -2.33. The van der Waals surface area contributed by atoms with Crippen LogP contribution in [0.4, 0.5) is 24.5 Å². The third-order valence-corrected chi connectivity index (χ3v) is 6.72. The Balaban J connectivity index is 2.36. The zero-order chi connectivity index (χ0) is 23.6. The van der Waals surface area contributed by atoms with Gasteiger partial charge in [-0.1, -0.05) is 13.0 Å². The maximum Gasteiger partial charge on any atom is 0.472 e. The predicted molar refractivity (Wildman–Crippen MR) is 109 cm³/mol. The molecule has 2 aromatic carbocycles. The summed E-state index contributed by atoms with van der Waals surface area (Å²) in [4.78, 5) is 10.4. The number of halogens is 3. The van der Waals surface area contributed by atoms with E-state index in [4.69, 9.17) is 0 Å². The molecule has 0 radical (unpaired) electrons. The predicted octanol–water partition coefficient (Wildman–Crippen LogP) is 2.77. The summed E-state index contributed by atoms with van der Waals surface area (Å²) in [5, 5.41) is 0. The first-order chi connectivity index (χ1) is 14.1. The summed E-state index contributed by atoms with van der Waals surface area (Å²) in [5.41, 5.74) is 4.47. The summed E-state index contributed by atoms with van der Waals surface area (Å²) in [6, 6.07) is 7.65. The number of hydrazine groups is 1. The molecule has 0 fully saturated rings. The average molecular weight is 480 g/mol. The molecule has 1 amide bonds. The van der Waals surface area contributed by atoms with Crippen molar-refractivity contribution in [3.05, 3.63) is 47.5 Å². The second-order valence-corrected chi connectivity index (χ2v) is 10.3. The quantitative estimate of drug-likeness (QED) is 0.525. The van der Waals surface area contributed by atoms with Gasteiger partial charge in [0.15, 0.2) is 9.84 Å². The van der Waals surface area contributed by atoms with E-state index in [-0.39, 0.29) is 16.3 Å². The molecule has 3 N–H and O–H groups in total. The smallest absolute Gasteiger partial charge is 0.297 e. The number of nitrogens with one attached hydrogen (secondary N) is 3. The first-order valence-electron chi connectivity index (χ1n) is 8.75. The van der Waals surface area contributed by atoms with Crippen LogP contribution in [-0.2, 0) is 31.1 Å². The monoisotopic (exact) mass is 479 g/mol. The zero-order valence-electron chi connectivity index (χ0n) is 16.7. The van der Waals surface area contributed by atoms with Crippen molar-refractivity contribution in [1.29, 1.82) is 0 Å². The van der Waals surface area contributed by atoms with Gasteiger partial charge in [0.05, 0.1) is 21.2 Å². The minimum Gasteiger partial charge on any atom is -0.297 e. The number of sulfone groups is 1. The number of hydrogen-bond donors (Lipinski definition) is 3. The highest BCUT2D eigenvalue weighted by Crippen LogP contribution is 2.27. The number of carbonyl (C=O) groups is 1. The molecule has 0 atom stereocenters. The van der Waals surface area contributed by atoms with Crippen LogP contribution in [0.2, 0.25) is 0 Å². The number of carbonyl (C=O) groups excluding carboxylic acids is 1. The lowest BCUT2D eigenvalue weighted by Crippen LogP contribution is -2.40. The fourth-order valence-electron chi connectivity index (χ4n) is 2.64. The number of alkyl halides is 3. The van der Waals surface area contributed by atoms with Gasteiger partial charge in [-0.15, -0.1) is 0 Å². The maximum atomic E-state index is 12.7. The fraction of sp³-hybridized carbons (Fsp3) is 0.278. The molecule has 0 aliphatic heterocycles. The number of amides is 1. The summed E-state index contributed by atoms with van der Waals surface area (Å²) < 4.78 is 88.6. The standard InChI is InChI=1S/C18H20F3N3O5S2/c1-4-12-5-7-14(9-11(12)2)31(28,29)24-13-6-8-15(16(10-13)30(3,26)27)22-23-17(25)18(19,20)21/h5-10,22,24H,4H2,1-3H3,(H,23,25). The van der Waals surface area contributed by atoms with E-state index in [1.165, 1.54) is 17.6 Å². The third-order valence-electron chi connectivity index (χ3n) is 4.21. The molecule has 0 saturated heterocycles. The topological polar surface area (TPSA) is 121 Å². The van der Waals surface area contributed by atoms with E-state index in [2.05, 4.69) is 4.72 Å². The Labute approximate surface area is 177 Å². The van der Waals surface area contributed by atoms with Crippen LogP contribution in [0.5, 0.6) is 0 Å². The zero-order valence-corrected chi connectivity index (χ0v) is 18.3. The van der Waals surface area contributed by atoms with Gasteiger partial charge in [0.2, 0.25) is 0 Å². The Kier molecular flexibility index (Phi) is 6.90. The molecule has 0 aliphatic carbocycles. The summed E-state index contributed by atoms with van der Waals surface area (Å²) in [6.45, 7) is 3.68. The molecule has 0 aliphatic rings. The van der Waals surface area contributed by atoms with Gasteiger partial charge in [0.25, 0.3) is 10.0 Å². The van der Waals surface area contributed by atoms with Gasteiger partial charge in [0, 0.05) is 6.26 Å². The van der Waals surface area contributed by atoms with E-state index < -0.39 is 36.8 Å². The molecule has 0 bridgehead atoms. The minimum atomic E-state index is -5.18. The molecule has 8 nitrogen and oxygen atoms in total. The van der Waals surface area contributed by atoms with Gasteiger partial charge in [-0.3, -0.25) is 20.4 Å². The Morgan fingerprint density at radius 3 is 2.19 bits per heavy atom. The Bertz CT molecular complexity index is 1210. The Morgan fingerprint density at radius 1 is 1.03 bits per heavy atom. The molecule has 0 aromatic heterocycles. The molecule has 0 saturated carbocycles. The second-order valence-electron chi connectivity index (χ2n) is 6.61. The van der Waals surface area contributed by atoms with Crippen LogP contribution in [0.25, 0.3) is 0 Å². The van der Waals surface area contributed by atoms with Crippen molar-refractivity contribution in [2.45, 2.75) is 36.2 Å². The molecule has 13 heteroatoms. The van der Waals surface area contributed by atoms with Crippen LogP contribution < -0.4 is 15.6 Å². The number of hydrogen-bond acceptors (Lipinski definition) is 6. The van der Waals surface area contributed by atoms with Gasteiger partial charge in [-0.25, -0.2) is 16.8 Å². The van der Waals surface area contributed by atoms with Gasteiger partial charge in [0.1, 0.15) is 0 Å². The number of anilines is 2. The number of rotatable bonds is 7. The van der Waals surface area contributed by atoms with E-state index in [1.54, 1.807) is 13.0 Å². The highest BCUT2D eigenvalue weighted by atomic mass is 32.2. The van der Waals surface area contributed by atoms with E-state index in [0.717, 1.165) is 42.0 Å². The van der Waals surface area contributed by atoms with Crippen LogP contribution >= 0.6 is 0 Å². The van der Waals surface area contributed by atoms with Crippen LogP contribution in [0.1, 0.15) is 18.1 Å². The summed E-state index contributed by atoms with van der Waals surface area (Å²) in [7, 11) is -8.07. The second kappa shape index (κ2) is 8.75. The maximum absolute atomic E-state index is 12.7. The van der Waals surface area contributed by atoms with Gasteiger partial charge in [-0.05, 0) is 54.8 Å². The van der Waals surface area contributed by atoms with Crippen molar-refractivity contribution < 1.29 is 34.8 Å². The van der Waals surface area contributed by atoms with Crippen molar-refractivity contribution >= 4 is 37.1 Å². The van der Waals surface area contributed by atoms with Crippen LogP contribution in [0.3, 0.4) is 0 Å². The largest absolute Gasteiger partial charge is 0.472 e. The Hall–Kier alpha value is -2.80. The van der Waals surface area contributed by atoms with Crippen molar-refractivity contribution in [2.75, 3.05) is 16.4 Å². The van der Waals surface area contributed by atoms with Crippen molar-refractivity contribution in [2.24, 2.45) is 0 Å². The SMILES string of the molecule is CCc1ccc(S(=O)(=O)Nc2ccc(NNC(=O)C(F)(F)F)c(S(C)(=O)=O)c2)cc1C. The van der Waals surface area contributed by atoms with Gasteiger partial charge >= 0.3 is 12.1 Å². The molecule has 0 unspecified atom stereocenters. The fourth-order valence-corrected chi connectivity index (χ4v) is 4.63. The van der Waals surface area contributed by atoms with Crippen LogP contribution in [0.15, 0.2) is 46.2 Å². The average Bonchev–Trinajstić information content (AvgIpc) is 2.64. The van der Waals surface area contributed by atoms with Crippen molar-refractivity contribution in [1.82, 2.24) is 5.43 Å². The van der Waals surface area contributed by atoms with E-state index in [0.29, 0.717) is 0 Å². The van der Waals surface area contributed by atoms with Crippen LogP contribution in [-0.4, -0.2) is 35.2 Å². The first kappa shape index (κ1) is 24.5. The molecular weight excluding hydrogens is 459 g/mol. The number of sulfonamides is 1. The molecule has 2 rings (SSSR count). The number of benzene rings is 2. The number of aryl methyl sites for hydroxylation is 2. The highest BCUT2D eigenvalue weighted by molar-refractivity contribution is 7.92. The van der Waals surface area contributed by atoms with Gasteiger partial charge < -0.3 is 0 Å². The third kappa shape index (κ3) is 6.10. The van der Waals surface area contributed by atoms with Crippen LogP contribution in [0, 0.1) is 6.92 Å².